The molecule has 82 valence electrons. The molecule has 0 aromatic carbocycles. The van der Waals surface area contributed by atoms with Crippen LogP contribution in [0.4, 0.5) is 0 Å². The van der Waals surface area contributed by atoms with Crippen molar-refractivity contribution in [3.05, 3.63) is 0 Å². The van der Waals surface area contributed by atoms with Crippen LogP contribution < -0.4 is 5.32 Å². The lowest BCUT2D eigenvalue weighted by Gasteiger charge is -2.20. The number of hydrogen-bond donors (Lipinski definition) is 1. The first kappa shape index (κ1) is 11.5. The summed E-state index contributed by atoms with van der Waals surface area (Å²) in [5, 5.41) is 3.35. The molecule has 0 radical (unpaired) electrons. The molecule has 0 aromatic rings. The van der Waals surface area contributed by atoms with Gasteiger partial charge in [0.1, 0.15) is 0 Å². The van der Waals surface area contributed by atoms with E-state index in [1.54, 1.807) is 4.90 Å². The first-order valence-corrected chi connectivity index (χ1v) is 5.33. The third-order valence-electron chi connectivity index (χ3n) is 2.57. The number of rotatable bonds is 3. The molecule has 4 heteroatoms. The zero-order valence-electron chi connectivity index (χ0n) is 9.25. The van der Waals surface area contributed by atoms with E-state index in [1.165, 1.54) is 6.42 Å². The highest BCUT2D eigenvalue weighted by molar-refractivity contribution is 5.75. The number of carbonyl (C=O) groups is 1. The minimum Gasteiger partial charge on any atom is -0.349 e. The van der Waals surface area contributed by atoms with Gasteiger partial charge in [0.15, 0.2) is 0 Å². The van der Waals surface area contributed by atoms with Gasteiger partial charge in [-0.15, -0.1) is 0 Å². The van der Waals surface area contributed by atoms with Gasteiger partial charge in [0, 0.05) is 40.2 Å². The summed E-state index contributed by atoms with van der Waals surface area (Å²) in [7, 11) is 3.62. The molecule has 0 unspecified atom stereocenters. The number of amides is 1. The third kappa shape index (κ3) is 4.07. The van der Waals surface area contributed by atoms with E-state index in [1.807, 2.05) is 14.1 Å². The predicted octanol–water partition coefficient (Wildman–Crippen LogP) is -0.240. The van der Waals surface area contributed by atoms with E-state index in [4.69, 9.17) is 0 Å². The van der Waals surface area contributed by atoms with E-state index >= 15 is 0 Å². The summed E-state index contributed by atoms with van der Waals surface area (Å²) in [6.07, 6.45) is 1.84. The molecule has 1 aliphatic heterocycles. The maximum absolute atomic E-state index is 11.4. The van der Waals surface area contributed by atoms with Crippen molar-refractivity contribution in [3.8, 4) is 0 Å². The van der Waals surface area contributed by atoms with Gasteiger partial charge in [-0.05, 0) is 19.5 Å². The molecule has 0 aromatic heterocycles. The molecule has 14 heavy (non-hydrogen) atoms. The lowest BCUT2D eigenvalue weighted by Crippen LogP contribution is -2.32. The Balaban J connectivity index is 2.19. The molecule has 1 amide bonds. The Labute approximate surface area is 86.2 Å². The van der Waals surface area contributed by atoms with Gasteiger partial charge in [-0.3, -0.25) is 4.79 Å². The molecule has 1 fully saturated rings. The highest BCUT2D eigenvalue weighted by Crippen LogP contribution is 1.98. The minimum atomic E-state index is 0.224. The largest absolute Gasteiger partial charge is 0.349 e. The monoisotopic (exact) mass is 199 g/mol. The second-order valence-corrected chi connectivity index (χ2v) is 3.98. The van der Waals surface area contributed by atoms with Crippen molar-refractivity contribution in [2.45, 2.75) is 12.8 Å². The standard InChI is InChI=1S/C10H21N3O/c1-12(2)10(14)4-8-13-7-3-5-11-6-9-13/h11H,3-9H2,1-2H3. The molecule has 0 atom stereocenters. The van der Waals surface area contributed by atoms with Crippen LogP contribution in [0.1, 0.15) is 12.8 Å². The highest BCUT2D eigenvalue weighted by atomic mass is 16.2. The molecule has 0 saturated carbocycles. The quantitative estimate of drug-likeness (QED) is 0.681. The van der Waals surface area contributed by atoms with Crippen molar-refractivity contribution in [3.63, 3.8) is 0 Å². The Morgan fingerprint density at radius 1 is 1.36 bits per heavy atom. The molecule has 0 spiro atoms. The van der Waals surface area contributed by atoms with E-state index in [0.29, 0.717) is 6.42 Å². The summed E-state index contributed by atoms with van der Waals surface area (Å²) in [6, 6.07) is 0. The first-order valence-electron chi connectivity index (χ1n) is 5.33. The average molecular weight is 199 g/mol. The van der Waals surface area contributed by atoms with Crippen molar-refractivity contribution in [2.75, 3.05) is 46.8 Å². The number of hydrogen-bond acceptors (Lipinski definition) is 3. The predicted molar refractivity (Wildman–Crippen MR) is 57.2 cm³/mol. The molecule has 0 bridgehead atoms. The molecule has 1 heterocycles. The van der Waals surface area contributed by atoms with Gasteiger partial charge >= 0.3 is 0 Å². The number of nitrogens with one attached hydrogen (secondary N) is 1. The van der Waals surface area contributed by atoms with Crippen molar-refractivity contribution in [1.82, 2.24) is 15.1 Å². The first-order chi connectivity index (χ1) is 6.70. The Morgan fingerprint density at radius 3 is 2.86 bits per heavy atom. The molecule has 1 N–H and O–H groups in total. The van der Waals surface area contributed by atoms with Crippen LogP contribution in [0.15, 0.2) is 0 Å². The Bertz CT molecular complexity index is 174. The van der Waals surface area contributed by atoms with E-state index in [-0.39, 0.29) is 5.91 Å². The van der Waals surface area contributed by atoms with Crippen LogP contribution >= 0.6 is 0 Å². The molecule has 1 rings (SSSR count). The lowest BCUT2D eigenvalue weighted by atomic mass is 10.3. The fraction of sp³-hybridized carbons (Fsp3) is 0.900. The summed E-state index contributed by atoms with van der Waals surface area (Å²) in [5.41, 5.74) is 0. The summed E-state index contributed by atoms with van der Waals surface area (Å²) < 4.78 is 0. The highest BCUT2D eigenvalue weighted by Gasteiger charge is 2.10. The molecular weight excluding hydrogens is 178 g/mol. The van der Waals surface area contributed by atoms with Crippen LogP contribution in [0.3, 0.4) is 0 Å². The van der Waals surface area contributed by atoms with E-state index < -0.39 is 0 Å². The molecular formula is C10H21N3O. The number of carbonyl (C=O) groups excluding carboxylic acids is 1. The maximum Gasteiger partial charge on any atom is 0.223 e. The van der Waals surface area contributed by atoms with Crippen molar-refractivity contribution >= 4 is 5.91 Å². The average Bonchev–Trinajstić information content (AvgIpc) is 2.42. The molecule has 0 aliphatic carbocycles. The topological polar surface area (TPSA) is 35.6 Å². The summed E-state index contributed by atoms with van der Waals surface area (Å²) in [4.78, 5) is 15.4. The van der Waals surface area contributed by atoms with E-state index in [0.717, 1.165) is 32.7 Å². The van der Waals surface area contributed by atoms with Crippen LogP contribution in [-0.4, -0.2) is 62.5 Å². The van der Waals surface area contributed by atoms with Crippen molar-refractivity contribution in [1.29, 1.82) is 0 Å². The molecule has 1 aliphatic rings. The van der Waals surface area contributed by atoms with Crippen LogP contribution in [-0.2, 0) is 4.79 Å². The summed E-state index contributed by atoms with van der Waals surface area (Å²) in [5.74, 6) is 0.224. The summed E-state index contributed by atoms with van der Waals surface area (Å²) >= 11 is 0. The minimum absolute atomic E-state index is 0.224. The fourth-order valence-electron chi connectivity index (χ4n) is 1.60. The smallest absolute Gasteiger partial charge is 0.223 e. The van der Waals surface area contributed by atoms with Crippen molar-refractivity contribution in [2.24, 2.45) is 0 Å². The van der Waals surface area contributed by atoms with Crippen LogP contribution in [0, 0.1) is 0 Å². The molecule has 1 saturated heterocycles. The number of nitrogens with zero attached hydrogens (tertiary/aromatic N) is 2. The van der Waals surface area contributed by atoms with E-state index in [2.05, 4.69) is 10.2 Å². The maximum atomic E-state index is 11.4. The van der Waals surface area contributed by atoms with Gasteiger partial charge in [-0.25, -0.2) is 0 Å². The van der Waals surface area contributed by atoms with Crippen LogP contribution in [0.2, 0.25) is 0 Å². The Kier molecular flexibility index (Phi) is 4.90. The normalized spacial score (nSPS) is 19.0. The van der Waals surface area contributed by atoms with Gasteiger partial charge in [0.2, 0.25) is 5.91 Å². The SMILES string of the molecule is CN(C)C(=O)CCN1CCCNCC1. The second-order valence-electron chi connectivity index (χ2n) is 3.98. The Morgan fingerprint density at radius 2 is 2.14 bits per heavy atom. The van der Waals surface area contributed by atoms with E-state index in [9.17, 15) is 4.79 Å². The third-order valence-corrected chi connectivity index (χ3v) is 2.57. The van der Waals surface area contributed by atoms with Gasteiger partial charge < -0.3 is 15.1 Å². The zero-order chi connectivity index (χ0) is 10.4. The van der Waals surface area contributed by atoms with Gasteiger partial charge in [0.05, 0.1) is 0 Å². The second kappa shape index (κ2) is 5.98. The lowest BCUT2D eigenvalue weighted by molar-refractivity contribution is -0.129. The van der Waals surface area contributed by atoms with Gasteiger partial charge in [-0.2, -0.15) is 0 Å². The van der Waals surface area contributed by atoms with Gasteiger partial charge in [-0.1, -0.05) is 0 Å². The van der Waals surface area contributed by atoms with Gasteiger partial charge in [0.25, 0.3) is 0 Å². The molecule has 4 nitrogen and oxygen atoms in total. The van der Waals surface area contributed by atoms with Crippen LogP contribution in [0.25, 0.3) is 0 Å². The summed E-state index contributed by atoms with van der Waals surface area (Å²) in [6.45, 7) is 5.25. The zero-order valence-corrected chi connectivity index (χ0v) is 9.25. The fourth-order valence-corrected chi connectivity index (χ4v) is 1.60. The Hall–Kier alpha value is -0.610. The van der Waals surface area contributed by atoms with Crippen molar-refractivity contribution < 1.29 is 4.79 Å². The van der Waals surface area contributed by atoms with Crippen LogP contribution in [0.5, 0.6) is 0 Å².